The number of thiocarbonyl (C=S) groups is 1. The second-order valence-corrected chi connectivity index (χ2v) is 7.81. The van der Waals surface area contributed by atoms with E-state index < -0.39 is 4.92 Å². The quantitative estimate of drug-likeness (QED) is 0.422. The van der Waals surface area contributed by atoms with Crippen molar-refractivity contribution in [3.8, 4) is 11.5 Å². The predicted octanol–water partition coefficient (Wildman–Crippen LogP) is 2.86. The zero-order valence-electron chi connectivity index (χ0n) is 16.4. The Balaban J connectivity index is 1.37. The number of rotatable bonds is 3. The Bertz CT molecular complexity index is 1040. The topological polar surface area (TPSA) is 97.2 Å². The molecule has 0 saturated carbocycles. The highest BCUT2D eigenvalue weighted by Crippen LogP contribution is 2.32. The molecule has 0 aliphatic carbocycles. The number of nitrogens with one attached hydrogen (secondary N) is 1. The lowest BCUT2D eigenvalue weighted by Crippen LogP contribution is -2.52. The van der Waals surface area contributed by atoms with E-state index in [-0.39, 0.29) is 11.6 Å². The molecule has 2 aromatic carbocycles. The SMILES string of the molecule is O=C(NC(=S)N1CCN(c2ccc(Cl)cc2[N+](=O)[O-])CC1)c1ccc2c(c1)OCCO2. The molecule has 1 fully saturated rings. The van der Waals surface area contributed by atoms with Crippen LogP contribution in [-0.2, 0) is 0 Å². The van der Waals surface area contributed by atoms with Crippen molar-refractivity contribution in [2.45, 2.75) is 0 Å². The Hall–Kier alpha value is -3.11. The van der Waals surface area contributed by atoms with Crippen molar-refractivity contribution < 1.29 is 19.2 Å². The zero-order chi connectivity index (χ0) is 22.0. The first-order valence-electron chi connectivity index (χ1n) is 9.61. The molecule has 1 N–H and O–H groups in total. The van der Waals surface area contributed by atoms with Gasteiger partial charge in [0, 0.05) is 42.8 Å². The molecule has 0 radical (unpaired) electrons. The number of carbonyl (C=O) groups is 1. The van der Waals surface area contributed by atoms with Gasteiger partial charge in [-0.15, -0.1) is 0 Å². The maximum Gasteiger partial charge on any atom is 0.294 e. The normalized spacial score (nSPS) is 15.4. The summed E-state index contributed by atoms with van der Waals surface area (Å²) in [5, 5.41) is 14.7. The average Bonchev–Trinajstić information content (AvgIpc) is 2.78. The summed E-state index contributed by atoms with van der Waals surface area (Å²) in [7, 11) is 0. The van der Waals surface area contributed by atoms with Crippen LogP contribution in [-0.4, -0.2) is 60.2 Å². The summed E-state index contributed by atoms with van der Waals surface area (Å²) in [5.74, 6) is 0.804. The lowest BCUT2D eigenvalue weighted by atomic mass is 10.2. The van der Waals surface area contributed by atoms with Gasteiger partial charge >= 0.3 is 0 Å². The predicted molar refractivity (Wildman–Crippen MR) is 119 cm³/mol. The molecule has 2 aliphatic heterocycles. The van der Waals surface area contributed by atoms with Gasteiger partial charge < -0.3 is 19.3 Å². The zero-order valence-corrected chi connectivity index (χ0v) is 17.9. The molecule has 11 heteroatoms. The van der Waals surface area contributed by atoms with Crippen LogP contribution in [0.1, 0.15) is 10.4 Å². The van der Waals surface area contributed by atoms with Gasteiger partial charge in [-0.2, -0.15) is 0 Å². The summed E-state index contributed by atoms with van der Waals surface area (Å²) in [6.45, 7) is 2.98. The summed E-state index contributed by atoms with van der Waals surface area (Å²) in [4.78, 5) is 27.3. The number of carbonyl (C=O) groups excluding carboxylic acids is 1. The van der Waals surface area contributed by atoms with E-state index in [1.54, 1.807) is 30.3 Å². The average molecular weight is 463 g/mol. The summed E-state index contributed by atoms with van der Waals surface area (Å²) in [5.41, 5.74) is 0.901. The third-order valence-corrected chi connectivity index (χ3v) is 5.66. The Kier molecular flexibility index (Phi) is 6.10. The molecule has 1 amide bonds. The van der Waals surface area contributed by atoms with Crippen molar-refractivity contribution in [2.75, 3.05) is 44.3 Å². The number of nitro benzene ring substituents is 1. The Morgan fingerprint density at radius 1 is 1.06 bits per heavy atom. The molecule has 4 rings (SSSR count). The van der Waals surface area contributed by atoms with Crippen LogP contribution in [0.25, 0.3) is 0 Å². The van der Waals surface area contributed by atoms with Gasteiger partial charge in [-0.1, -0.05) is 11.6 Å². The fraction of sp³-hybridized carbons (Fsp3) is 0.300. The summed E-state index contributed by atoms with van der Waals surface area (Å²) < 4.78 is 11.0. The standard InChI is InChI=1S/C20H19ClN4O5S/c21-14-2-3-15(16(12-14)25(27)28)23-5-7-24(8-6-23)20(31)22-19(26)13-1-4-17-18(11-13)30-10-9-29-17/h1-4,11-12H,5-10H2,(H,22,26,31). The van der Waals surface area contributed by atoms with Gasteiger partial charge in [0.1, 0.15) is 18.9 Å². The number of ether oxygens (including phenoxy) is 2. The lowest BCUT2D eigenvalue weighted by Gasteiger charge is -2.37. The third-order valence-electron chi connectivity index (χ3n) is 5.07. The van der Waals surface area contributed by atoms with E-state index in [0.717, 1.165) is 0 Å². The highest BCUT2D eigenvalue weighted by atomic mass is 35.5. The largest absolute Gasteiger partial charge is 0.486 e. The number of benzene rings is 2. The van der Waals surface area contributed by atoms with E-state index in [2.05, 4.69) is 5.32 Å². The third kappa shape index (κ3) is 4.64. The van der Waals surface area contributed by atoms with Crippen molar-refractivity contribution in [3.05, 3.63) is 57.1 Å². The molecule has 2 aromatic rings. The highest BCUT2D eigenvalue weighted by molar-refractivity contribution is 7.80. The number of nitrogens with zero attached hydrogens (tertiary/aromatic N) is 3. The Morgan fingerprint density at radius 2 is 1.77 bits per heavy atom. The minimum atomic E-state index is -0.439. The number of fused-ring (bicyclic) bond motifs is 1. The van der Waals surface area contributed by atoms with E-state index in [1.165, 1.54) is 6.07 Å². The van der Waals surface area contributed by atoms with Crippen molar-refractivity contribution in [1.82, 2.24) is 10.2 Å². The summed E-state index contributed by atoms with van der Waals surface area (Å²) in [6.07, 6.45) is 0. The molecule has 162 valence electrons. The molecule has 0 spiro atoms. The molecule has 0 unspecified atom stereocenters. The number of halogens is 1. The van der Waals surface area contributed by atoms with Gasteiger partial charge in [0.25, 0.3) is 11.6 Å². The van der Waals surface area contributed by atoms with Gasteiger partial charge in [0.2, 0.25) is 0 Å². The summed E-state index contributed by atoms with van der Waals surface area (Å²) >= 11 is 11.3. The molecule has 9 nitrogen and oxygen atoms in total. The molecular weight excluding hydrogens is 444 g/mol. The van der Waals surface area contributed by atoms with E-state index in [0.29, 0.717) is 72.3 Å². The number of anilines is 1. The van der Waals surface area contributed by atoms with Gasteiger partial charge in [0.15, 0.2) is 16.6 Å². The van der Waals surface area contributed by atoms with Gasteiger partial charge in [0.05, 0.1) is 4.92 Å². The van der Waals surface area contributed by atoms with Gasteiger partial charge in [-0.05, 0) is 42.5 Å². The van der Waals surface area contributed by atoms with Crippen LogP contribution in [0.2, 0.25) is 5.02 Å². The smallest absolute Gasteiger partial charge is 0.294 e. The number of piperazine rings is 1. The van der Waals surface area contributed by atoms with Gasteiger partial charge in [-0.3, -0.25) is 20.2 Å². The second kappa shape index (κ2) is 8.94. The van der Waals surface area contributed by atoms with E-state index in [9.17, 15) is 14.9 Å². The molecular formula is C20H19ClN4O5S. The summed E-state index contributed by atoms with van der Waals surface area (Å²) in [6, 6.07) is 9.62. The Labute approximate surface area is 188 Å². The number of amides is 1. The molecule has 1 saturated heterocycles. The van der Waals surface area contributed by atoms with Gasteiger partial charge in [-0.25, -0.2) is 0 Å². The molecule has 2 heterocycles. The Morgan fingerprint density at radius 3 is 2.48 bits per heavy atom. The van der Waals surface area contributed by atoms with Crippen LogP contribution in [0.4, 0.5) is 11.4 Å². The molecule has 0 aromatic heterocycles. The lowest BCUT2D eigenvalue weighted by molar-refractivity contribution is -0.384. The molecule has 0 bridgehead atoms. The number of hydrogen-bond donors (Lipinski definition) is 1. The van der Waals surface area contributed by atoms with E-state index >= 15 is 0 Å². The highest BCUT2D eigenvalue weighted by Gasteiger charge is 2.26. The van der Waals surface area contributed by atoms with E-state index in [1.807, 2.05) is 9.80 Å². The van der Waals surface area contributed by atoms with Crippen LogP contribution in [0.3, 0.4) is 0 Å². The van der Waals surface area contributed by atoms with E-state index in [4.69, 9.17) is 33.3 Å². The van der Waals surface area contributed by atoms with Crippen molar-refractivity contribution >= 4 is 46.2 Å². The number of nitro groups is 1. The number of hydrogen-bond acceptors (Lipinski definition) is 7. The van der Waals surface area contributed by atoms with Crippen molar-refractivity contribution in [3.63, 3.8) is 0 Å². The maximum atomic E-state index is 12.6. The minimum absolute atomic E-state index is 0.0320. The van der Waals surface area contributed by atoms with Crippen LogP contribution < -0.4 is 19.7 Å². The fourth-order valence-corrected chi connectivity index (χ4v) is 3.94. The monoisotopic (exact) mass is 462 g/mol. The second-order valence-electron chi connectivity index (χ2n) is 6.98. The fourth-order valence-electron chi connectivity index (χ4n) is 3.49. The maximum absolute atomic E-state index is 12.6. The molecule has 31 heavy (non-hydrogen) atoms. The van der Waals surface area contributed by atoms with Crippen LogP contribution in [0, 0.1) is 10.1 Å². The van der Waals surface area contributed by atoms with Crippen molar-refractivity contribution in [1.29, 1.82) is 0 Å². The first-order chi connectivity index (χ1) is 14.9. The first kappa shape index (κ1) is 21.1. The first-order valence-corrected chi connectivity index (χ1v) is 10.4. The minimum Gasteiger partial charge on any atom is -0.486 e. The molecule has 0 atom stereocenters. The van der Waals surface area contributed by atoms with Crippen molar-refractivity contribution in [2.24, 2.45) is 0 Å². The van der Waals surface area contributed by atoms with Crippen LogP contribution >= 0.6 is 23.8 Å². The van der Waals surface area contributed by atoms with Crippen LogP contribution in [0.5, 0.6) is 11.5 Å². The van der Waals surface area contributed by atoms with Crippen LogP contribution in [0.15, 0.2) is 36.4 Å². The molecule has 2 aliphatic rings.